The number of nitrogens with zero attached hydrogens (tertiary/aromatic N) is 1. The average molecular weight is 292 g/mol. The molecule has 3 rings (SSSR count). The first-order chi connectivity index (χ1) is 9.67. The molecule has 0 bridgehead atoms. The Hall–Kier alpha value is -0.210. The van der Waals surface area contributed by atoms with Gasteiger partial charge in [-0.2, -0.15) is 0 Å². The number of hydrogen-bond donors (Lipinski definition) is 0. The van der Waals surface area contributed by atoms with Crippen molar-refractivity contribution >= 4 is 11.8 Å². The fourth-order valence-corrected chi connectivity index (χ4v) is 6.22. The van der Waals surface area contributed by atoms with Crippen LogP contribution in [-0.4, -0.2) is 28.1 Å². The van der Waals surface area contributed by atoms with Crippen molar-refractivity contribution in [1.29, 1.82) is 0 Å². The average Bonchev–Trinajstić information content (AvgIpc) is 2.74. The van der Waals surface area contributed by atoms with Crippen LogP contribution in [0.25, 0.3) is 0 Å². The van der Waals surface area contributed by atoms with Crippen molar-refractivity contribution in [1.82, 2.24) is 4.90 Å². The van der Waals surface area contributed by atoms with Crippen LogP contribution in [0.15, 0.2) is 23.3 Å². The molecule has 4 atom stereocenters. The van der Waals surface area contributed by atoms with Crippen molar-refractivity contribution in [3.63, 3.8) is 0 Å². The van der Waals surface area contributed by atoms with Crippen LogP contribution in [0.2, 0.25) is 0 Å². The van der Waals surface area contributed by atoms with Gasteiger partial charge in [0.2, 0.25) is 0 Å². The molecule has 1 heterocycles. The molecule has 0 amide bonds. The second-order valence-corrected chi connectivity index (χ2v) is 8.35. The summed E-state index contributed by atoms with van der Waals surface area (Å²) < 4.78 is 0. The lowest BCUT2D eigenvalue weighted by atomic mass is 9.87. The van der Waals surface area contributed by atoms with Crippen LogP contribution in [0.3, 0.4) is 0 Å². The van der Waals surface area contributed by atoms with Crippen molar-refractivity contribution in [3.8, 4) is 0 Å². The molecule has 4 unspecified atom stereocenters. The Balaban J connectivity index is 1.77. The molecule has 0 aromatic rings. The third kappa shape index (κ3) is 3.01. The molecule has 0 aromatic carbocycles. The van der Waals surface area contributed by atoms with Crippen LogP contribution in [0, 0.1) is 5.92 Å². The summed E-state index contributed by atoms with van der Waals surface area (Å²) in [7, 11) is 0. The fraction of sp³-hybridized carbons (Fsp3) is 0.778. The van der Waals surface area contributed by atoms with Gasteiger partial charge in [0.15, 0.2) is 0 Å². The Labute approximate surface area is 128 Å². The predicted molar refractivity (Wildman–Crippen MR) is 90.0 cm³/mol. The van der Waals surface area contributed by atoms with Crippen LogP contribution in [0.5, 0.6) is 0 Å². The molecule has 0 N–H and O–H groups in total. The smallest absolute Gasteiger partial charge is 0.0755 e. The second-order valence-electron chi connectivity index (χ2n) is 6.99. The zero-order chi connectivity index (χ0) is 14.1. The Kier molecular flexibility index (Phi) is 4.62. The number of rotatable bonds is 2. The van der Waals surface area contributed by atoms with Crippen LogP contribution >= 0.6 is 11.8 Å². The van der Waals surface area contributed by atoms with Crippen LogP contribution < -0.4 is 0 Å². The van der Waals surface area contributed by atoms with Crippen molar-refractivity contribution in [2.75, 3.05) is 6.54 Å². The standard InChI is InChI=1S/C18H29NS/c1-4-19-16-7-5-6-8-17(16)20-18(19)12-15-10-13(2)9-14(3)11-15/h10,12,14,16-18H,4-9,11H2,1-3H3/b15-12-. The first-order valence-electron chi connectivity index (χ1n) is 8.46. The topological polar surface area (TPSA) is 3.24 Å². The third-order valence-electron chi connectivity index (χ3n) is 5.14. The van der Waals surface area contributed by atoms with Crippen LogP contribution in [-0.2, 0) is 0 Å². The normalized spacial score (nSPS) is 40.8. The second kappa shape index (κ2) is 6.27. The van der Waals surface area contributed by atoms with E-state index in [1.165, 1.54) is 45.1 Å². The summed E-state index contributed by atoms with van der Waals surface area (Å²) in [6, 6.07) is 0.853. The Morgan fingerprint density at radius 2 is 2.10 bits per heavy atom. The minimum absolute atomic E-state index is 0.637. The molecule has 0 radical (unpaired) electrons. The van der Waals surface area contributed by atoms with Gasteiger partial charge in [-0.3, -0.25) is 4.90 Å². The molecular weight excluding hydrogens is 262 g/mol. The number of hydrogen-bond acceptors (Lipinski definition) is 2. The van der Waals surface area contributed by atoms with Crippen molar-refractivity contribution in [3.05, 3.63) is 23.3 Å². The van der Waals surface area contributed by atoms with Crippen molar-refractivity contribution in [2.24, 2.45) is 5.92 Å². The van der Waals surface area contributed by atoms with E-state index in [9.17, 15) is 0 Å². The number of thioether (sulfide) groups is 1. The van der Waals surface area contributed by atoms with Gasteiger partial charge in [-0.1, -0.05) is 44.4 Å². The number of fused-ring (bicyclic) bond motifs is 1. The summed E-state index contributed by atoms with van der Waals surface area (Å²) in [5, 5.41) is 1.54. The first-order valence-corrected chi connectivity index (χ1v) is 9.40. The highest BCUT2D eigenvalue weighted by Crippen LogP contribution is 2.44. The largest absolute Gasteiger partial charge is 0.284 e. The van der Waals surface area contributed by atoms with E-state index >= 15 is 0 Å². The highest BCUT2D eigenvalue weighted by atomic mass is 32.2. The van der Waals surface area contributed by atoms with E-state index in [0.717, 1.165) is 17.2 Å². The molecule has 20 heavy (non-hydrogen) atoms. The molecule has 0 aromatic heterocycles. The van der Waals surface area contributed by atoms with Gasteiger partial charge < -0.3 is 0 Å². The lowest BCUT2D eigenvalue weighted by molar-refractivity contribution is 0.194. The van der Waals surface area contributed by atoms with E-state index in [1.807, 2.05) is 0 Å². The summed E-state index contributed by atoms with van der Waals surface area (Å²) >= 11 is 2.24. The molecule has 1 nitrogen and oxygen atoms in total. The number of allylic oxidation sites excluding steroid dienone is 3. The minimum atomic E-state index is 0.637. The monoisotopic (exact) mass is 291 g/mol. The van der Waals surface area contributed by atoms with Crippen LogP contribution in [0.1, 0.15) is 59.3 Å². The summed E-state index contributed by atoms with van der Waals surface area (Å²) in [6.45, 7) is 8.24. The van der Waals surface area contributed by atoms with Crippen molar-refractivity contribution < 1.29 is 0 Å². The molecule has 1 saturated heterocycles. The zero-order valence-corrected chi connectivity index (χ0v) is 14.1. The quantitative estimate of drug-likeness (QED) is 0.704. The minimum Gasteiger partial charge on any atom is -0.284 e. The molecule has 0 spiro atoms. The molecule has 3 aliphatic rings. The van der Waals surface area contributed by atoms with Gasteiger partial charge in [-0.05, 0) is 50.6 Å². The van der Waals surface area contributed by atoms with Crippen molar-refractivity contribution in [2.45, 2.75) is 76.0 Å². The van der Waals surface area contributed by atoms with Gasteiger partial charge in [0.1, 0.15) is 0 Å². The maximum absolute atomic E-state index is 2.77. The van der Waals surface area contributed by atoms with Gasteiger partial charge >= 0.3 is 0 Å². The Morgan fingerprint density at radius 3 is 2.85 bits per heavy atom. The predicted octanol–water partition coefficient (Wildman–Crippen LogP) is 5.00. The summed E-state index contributed by atoms with van der Waals surface area (Å²) in [6.07, 6.45) is 13.4. The fourth-order valence-electron chi connectivity index (χ4n) is 4.37. The van der Waals surface area contributed by atoms with Gasteiger partial charge in [0, 0.05) is 11.3 Å². The Bertz CT molecular complexity index is 412. The summed E-state index contributed by atoms with van der Waals surface area (Å²) in [5.41, 5.74) is 3.16. The highest BCUT2D eigenvalue weighted by molar-refractivity contribution is 8.00. The van der Waals surface area contributed by atoms with Gasteiger partial charge in [-0.25, -0.2) is 0 Å². The van der Waals surface area contributed by atoms with E-state index in [-0.39, 0.29) is 0 Å². The molecule has 1 saturated carbocycles. The summed E-state index contributed by atoms with van der Waals surface area (Å²) in [5.74, 6) is 0.829. The first kappa shape index (κ1) is 14.7. The van der Waals surface area contributed by atoms with E-state index in [1.54, 1.807) is 11.1 Å². The molecule has 1 aliphatic heterocycles. The molecule has 112 valence electrons. The van der Waals surface area contributed by atoms with E-state index in [4.69, 9.17) is 0 Å². The third-order valence-corrected chi connectivity index (χ3v) is 6.73. The molecule has 2 heteroatoms. The zero-order valence-electron chi connectivity index (χ0n) is 13.3. The van der Waals surface area contributed by atoms with Gasteiger partial charge in [0.25, 0.3) is 0 Å². The van der Waals surface area contributed by atoms with E-state index in [2.05, 4.69) is 49.6 Å². The maximum atomic E-state index is 2.77. The SMILES string of the molecule is CCN1C(/C=C2/C=C(C)CC(C)C2)SC2CCCCC21. The van der Waals surface area contributed by atoms with Crippen LogP contribution in [0.4, 0.5) is 0 Å². The van der Waals surface area contributed by atoms with E-state index in [0.29, 0.717) is 5.37 Å². The van der Waals surface area contributed by atoms with E-state index < -0.39 is 0 Å². The highest BCUT2D eigenvalue weighted by Gasteiger charge is 2.40. The van der Waals surface area contributed by atoms with Gasteiger partial charge in [-0.15, -0.1) is 11.8 Å². The lowest BCUT2D eigenvalue weighted by Crippen LogP contribution is -2.39. The Morgan fingerprint density at radius 1 is 1.30 bits per heavy atom. The molecular formula is C18H29NS. The molecule has 2 aliphatic carbocycles. The maximum Gasteiger partial charge on any atom is 0.0755 e. The summed E-state index contributed by atoms with van der Waals surface area (Å²) in [4.78, 5) is 2.77. The molecule has 2 fully saturated rings. The lowest BCUT2D eigenvalue weighted by Gasteiger charge is -2.31. The number of likely N-dealkylation sites (N-methyl/N-ethyl adjacent to an activating group) is 1. The van der Waals surface area contributed by atoms with Gasteiger partial charge in [0.05, 0.1) is 5.37 Å².